The summed E-state index contributed by atoms with van der Waals surface area (Å²) in [5.41, 5.74) is 2.32. The van der Waals surface area contributed by atoms with Crippen LogP contribution in [-0.2, 0) is 4.79 Å². The zero-order chi connectivity index (χ0) is 12.3. The molecular formula is C11H14ClNO3. The molecule has 0 aliphatic carbocycles. The molecule has 1 rings (SSSR count). The number of nitrogens with one attached hydrogen (secondary N) is 1. The Balaban J connectivity index is 3.14. The van der Waals surface area contributed by atoms with Crippen LogP contribution in [-0.4, -0.2) is 24.7 Å². The highest BCUT2D eigenvalue weighted by molar-refractivity contribution is 6.32. The summed E-state index contributed by atoms with van der Waals surface area (Å²) in [5, 5.41) is 12.0. The van der Waals surface area contributed by atoms with E-state index in [1.165, 1.54) is 7.11 Å². The minimum Gasteiger partial charge on any atom is -0.495 e. The van der Waals surface area contributed by atoms with Gasteiger partial charge in [-0.05, 0) is 31.0 Å². The highest BCUT2D eigenvalue weighted by Gasteiger charge is 2.13. The second kappa shape index (κ2) is 5.07. The topological polar surface area (TPSA) is 58.6 Å². The van der Waals surface area contributed by atoms with Gasteiger partial charge in [0.15, 0.2) is 0 Å². The Bertz CT molecular complexity index is 418. The molecule has 0 fully saturated rings. The third kappa shape index (κ3) is 2.58. The van der Waals surface area contributed by atoms with Crippen molar-refractivity contribution in [2.24, 2.45) is 0 Å². The van der Waals surface area contributed by atoms with Crippen molar-refractivity contribution in [3.05, 3.63) is 22.2 Å². The van der Waals surface area contributed by atoms with Gasteiger partial charge >= 0.3 is 5.97 Å². The average Bonchev–Trinajstić information content (AvgIpc) is 2.23. The second-order valence-corrected chi connectivity index (χ2v) is 3.83. The third-order valence-corrected chi connectivity index (χ3v) is 2.86. The van der Waals surface area contributed by atoms with Crippen LogP contribution in [0.1, 0.15) is 11.1 Å². The molecule has 0 saturated heterocycles. The fourth-order valence-corrected chi connectivity index (χ4v) is 1.62. The molecule has 4 nitrogen and oxygen atoms in total. The van der Waals surface area contributed by atoms with Gasteiger partial charge in [-0.2, -0.15) is 0 Å². The summed E-state index contributed by atoms with van der Waals surface area (Å²) in [6.07, 6.45) is 0. The predicted octanol–water partition coefficient (Wildman–Crippen LogP) is 2.46. The van der Waals surface area contributed by atoms with Crippen molar-refractivity contribution >= 4 is 23.3 Å². The first kappa shape index (κ1) is 12.6. The zero-order valence-corrected chi connectivity index (χ0v) is 10.2. The van der Waals surface area contributed by atoms with Gasteiger partial charge in [-0.3, -0.25) is 4.79 Å². The SMILES string of the molecule is COc1cc(C)c(Cl)c(C)c1NCC(=O)O. The van der Waals surface area contributed by atoms with Crippen molar-refractivity contribution in [2.75, 3.05) is 19.0 Å². The van der Waals surface area contributed by atoms with Gasteiger partial charge < -0.3 is 15.2 Å². The summed E-state index contributed by atoms with van der Waals surface area (Å²) in [6, 6.07) is 1.78. The first-order valence-corrected chi connectivity index (χ1v) is 5.14. The number of ether oxygens (including phenoxy) is 1. The largest absolute Gasteiger partial charge is 0.495 e. The lowest BCUT2D eigenvalue weighted by Crippen LogP contribution is -2.14. The van der Waals surface area contributed by atoms with Crippen LogP contribution in [0.4, 0.5) is 5.69 Å². The highest BCUT2D eigenvalue weighted by Crippen LogP contribution is 2.35. The van der Waals surface area contributed by atoms with Gasteiger partial charge in [0, 0.05) is 5.02 Å². The van der Waals surface area contributed by atoms with Crippen LogP contribution >= 0.6 is 11.6 Å². The number of carbonyl (C=O) groups is 1. The number of aliphatic carboxylic acids is 1. The monoisotopic (exact) mass is 243 g/mol. The van der Waals surface area contributed by atoms with Crippen molar-refractivity contribution < 1.29 is 14.6 Å². The number of carboxylic acid groups (broad SMARTS) is 1. The molecule has 0 radical (unpaired) electrons. The molecule has 0 unspecified atom stereocenters. The van der Waals surface area contributed by atoms with Crippen LogP contribution in [0.2, 0.25) is 5.02 Å². The Morgan fingerprint density at radius 3 is 2.69 bits per heavy atom. The molecule has 1 aromatic carbocycles. The maximum atomic E-state index is 10.5. The summed E-state index contributed by atoms with van der Waals surface area (Å²) < 4.78 is 5.18. The molecular weight excluding hydrogens is 230 g/mol. The van der Waals surface area contributed by atoms with Gasteiger partial charge in [-0.1, -0.05) is 11.6 Å². The van der Waals surface area contributed by atoms with Crippen LogP contribution < -0.4 is 10.1 Å². The van der Waals surface area contributed by atoms with Crippen LogP contribution in [0.15, 0.2) is 6.07 Å². The van der Waals surface area contributed by atoms with Crippen LogP contribution in [0.3, 0.4) is 0 Å². The van der Waals surface area contributed by atoms with E-state index >= 15 is 0 Å². The number of anilines is 1. The summed E-state index contributed by atoms with van der Waals surface area (Å²) in [6.45, 7) is 3.53. The lowest BCUT2D eigenvalue weighted by molar-refractivity contribution is -0.134. The van der Waals surface area contributed by atoms with E-state index in [-0.39, 0.29) is 6.54 Å². The van der Waals surface area contributed by atoms with E-state index in [1.807, 2.05) is 13.8 Å². The van der Waals surface area contributed by atoms with Gasteiger partial charge in [-0.15, -0.1) is 0 Å². The van der Waals surface area contributed by atoms with Gasteiger partial charge in [-0.25, -0.2) is 0 Å². The maximum absolute atomic E-state index is 10.5. The number of aryl methyl sites for hydroxylation is 1. The molecule has 0 aliphatic heterocycles. The smallest absolute Gasteiger partial charge is 0.322 e. The predicted molar refractivity (Wildman–Crippen MR) is 63.6 cm³/mol. The average molecular weight is 244 g/mol. The standard InChI is InChI=1S/C11H14ClNO3/c1-6-4-8(16-3)11(7(2)10(6)12)13-5-9(14)15/h4,13H,5H2,1-3H3,(H,14,15). The van der Waals surface area contributed by atoms with E-state index in [4.69, 9.17) is 21.4 Å². The molecule has 1 aromatic rings. The van der Waals surface area contributed by atoms with Crippen molar-refractivity contribution in [1.29, 1.82) is 0 Å². The van der Waals surface area contributed by atoms with E-state index < -0.39 is 5.97 Å². The van der Waals surface area contributed by atoms with Crippen LogP contribution in [0, 0.1) is 13.8 Å². The molecule has 2 N–H and O–H groups in total. The molecule has 0 aliphatic rings. The summed E-state index contributed by atoms with van der Waals surface area (Å²) >= 11 is 6.08. The Morgan fingerprint density at radius 2 is 2.19 bits per heavy atom. The molecule has 16 heavy (non-hydrogen) atoms. The Labute approximate surface area is 99.2 Å². The Morgan fingerprint density at radius 1 is 1.56 bits per heavy atom. The van der Waals surface area contributed by atoms with Gasteiger partial charge in [0.25, 0.3) is 0 Å². The van der Waals surface area contributed by atoms with Gasteiger partial charge in [0.2, 0.25) is 0 Å². The minimum absolute atomic E-state index is 0.170. The molecule has 5 heteroatoms. The fourth-order valence-electron chi connectivity index (χ4n) is 1.47. The molecule has 0 saturated carbocycles. The molecule has 0 spiro atoms. The summed E-state index contributed by atoms with van der Waals surface area (Å²) in [4.78, 5) is 10.5. The molecule has 88 valence electrons. The van der Waals surface area contributed by atoms with Crippen molar-refractivity contribution in [3.63, 3.8) is 0 Å². The molecule has 0 bridgehead atoms. The molecule has 0 atom stereocenters. The quantitative estimate of drug-likeness (QED) is 0.853. The maximum Gasteiger partial charge on any atom is 0.322 e. The van der Waals surface area contributed by atoms with Crippen molar-refractivity contribution in [2.45, 2.75) is 13.8 Å². The van der Waals surface area contributed by atoms with Gasteiger partial charge in [0.05, 0.1) is 12.8 Å². The van der Waals surface area contributed by atoms with Crippen molar-refractivity contribution in [1.82, 2.24) is 0 Å². The van der Waals surface area contributed by atoms with Gasteiger partial charge in [0.1, 0.15) is 12.3 Å². The zero-order valence-electron chi connectivity index (χ0n) is 9.43. The van der Waals surface area contributed by atoms with Crippen molar-refractivity contribution in [3.8, 4) is 5.75 Å². The molecule has 0 heterocycles. The number of carboxylic acids is 1. The lowest BCUT2D eigenvalue weighted by atomic mass is 10.1. The second-order valence-electron chi connectivity index (χ2n) is 3.46. The number of benzene rings is 1. The first-order valence-electron chi connectivity index (χ1n) is 4.76. The number of halogens is 1. The highest BCUT2D eigenvalue weighted by atomic mass is 35.5. The van der Waals surface area contributed by atoms with E-state index in [0.717, 1.165) is 11.1 Å². The summed E-state index contributed by atoms with van der Waals surface area (Å²) in [7, 11) is 1.54. The Kier molecular flexibility index (Phi) is 4.01. The fraction of sp³-hybridized carbons (Fsp3) is 0.364. The number of methoxy groups -OCH3 is 1. The molecule has 0 aromatic heterocycles. The van der Waals surface area contributed by atoms with E-state index in [2.05, 4.69) is 5.32 Å². The lowest BCUT2D eigenvalue weighted by Gasteiger charge is -2.15. The van der Waals surface area contributed by atoms with E-state index in [0.29, 0.717) is 16.5 Å². The number of hydrogen-bond donors (Lipinski definition) is 2. The summed E-state index contributed by atoms with van der Waals surface area (Å²) in [5.74, 6) is -0.334. The molecule has 0 amide bonds. The van der Waals surface area contributed by atoms with E-state index in [9.17, 15) is 4.79 Å². The van der Waals surface area contributed by atoms with E-state index in [1.54, 1.807) is 6.07 Å². The third-order valence-electron chi connectivity index (χ3n) is 2.28. The normalized spacial score (nSPS) is 10.0. The minimum atomic E-state index is -0.932. The van der Waals surface area contributed by atoms with Crippen LogP contribution in [0.25, 0.3) is 0 Å². The Hall–Kier alpha value is -1.42. The number of hydrogen-bond acceptors (Lipinski definition) is 3. The first-order chi connectivity index (χ1) is 7.47. The van der Waals surface area contributed by atoms with Crippen LogP contribution in [0.5, 0.6) is 5.75 Å². The number of rotatable bonds is 4.